The molecule has 0 aliphatic rings. The molecule has 0 bridgehead atoms. The van der Waals surface area contributed by atoms with Gasteiger partial charge < -0.3 is 5.73 Å². The monoisotopic (exact) mass is 110 g/mol. The van der Waals surface area contributed by atoms with Gasteiger partial charge in [-0.25, -0.2) is 0 Å². The van der Waals surface area contributed by atoms with Crippen molar-refractivity contribution in [2.75, 3.05) is 6.54 Å². The summed E-state index contributed by atoms with van der Waals surface area (Å²) in [5.74, 6) is 0. The molecule has 0 heterocycles. The predicted molar refractivity (Wildman–Crippen MR) is 36.9 cm³/mol. The summed E-state index contributed by atoms with van der Waals surface area (Å²) in [5, 5.41) is 0. The number of hydrogen-bond acceptors (Lipinski definition) is 2. The largest absolute Gasteiger partial charge is 0.405 e. The van der Waals surface area contributed by atoms with E-state index in [1.165, 1.54) is 6.20 Å². The second-order valence-corrected chi connectivity index (χ2v) is 1.19. The summed E-state index contributed by atoms with van der Waals surface area (Å²) in [6, 6.07) is 0. The third-order valence-corrected chi connectivity index (χ3v) is 0.537. The van der Waals surface area contributed by atoms with E-state index in [9.17, 15) is 0 Å². The van der Waals surface area contributed by atoms with E-state index in [2.05, 4.69) is 11.6 Å². The lowest BCUT2D eigenvalue weighted by Gasteiger charge is -1.75. The average Bonchev–Trinajstić information content (AvgIpc) is 1.81. The fourth-order valence-corrected chi connectivity index (χ4v) is 0.246. The van der Waals surface area contributed by atoms with Gasteiger partial charge in [-0.15, -0.1) is 6.58 Å². The molecule has 0 aliphatic heterocycles. The fraction of sp³-hybridized carbons (Fsp3) is 0.167. The van der Waals surface area contributed by atoms with E-state index in [4.69, 9.17) is 5.73 Å². The molecule has 0 saturated heterocycles. The zero-order valence-corrected chi connectivity index (χ0v) is 4.75. The number of nitrogens with zero attached hydrogens (tertiary/aromatic N) is 1. The van der Waals surface area contributed by atoms with Gasteiger partial charge in [0.1, 0.15) is 0 Å². The van der Waals surface area contributed by atoms with Gasteiger partial charge in [-0.05, 0) is 12.3 Å². The highest BCUT2D eigenvalue weighted by Gasteiger charge is 1.61. The van der Waals surface area contributed by atoms with Gasteiger partial charge in [0, 0.05) is 6.21 Å². The van der Waals surface area contributed by atoms with Crippen LogP contribution in [-0.2, 0) is 0 Å². The summed E-state index contributed by atoms with van der Waals surface area (Å²) >= 11 is 0. The quantitative estimate of drug-likeness (QED) is 0.422. The molecule has 0 aromatic rings. The average molecular weight is 110 g/mol. The minimum absolute atomic E-state index is 0.657. The Morgan fingerprint density at radius 1 is 1.62 bits per heavy atom. The molecule has 0 unspecified atom stereocenters. The molecule has 0 aromatic heterocycles. The fourth-order valence-electron chi connectivity index (χ4n) is 0.246. The van der Waals surface area contributed by atoms with Gasteiger partial charge in [0.25, 0.3) is 0 Å². The lowest BCUT2D eigenvalue weighted by atomic mass is 10.6. The lowest BCUT2D eigenvalue weighted by molar-refractivity contribution is 1.27. The van der Waals surface area contributed by atoms with Crippen molar-refractivity contribution in [1.29, 1.82) is 0 Å². The highest BCUT2D eigenvalue weighted by atomic mass is 14.7. The van der Waals surface area contributed by atoms with Crippen molar-refractivity contribution in [1.82, 2.24) is 0 Å². The predicted octanol–water partition coefficient (Wildman–Crippen LogP) is 0.716. The van der Waals surface area contributed by atoms with E-state index in [0.717, 1.165) is 0 Å². The van der Waals surface area contributed by atoms with Gasteiger partial charge in [-0.1, -0.05) is 6.08 Å². The molecule has 0 fully saturated rings. The van der Waals surface area contributed by atoms with Crippen LogP contribution in [0.4, 0.5) is 0 Å². The molecule has 2 nitrogen and oxygen atoms in total. The summed E-state index contributed by atoms with van der Waals surface area (Å²) in [6.45, 7) is 4.15. The van der Waals surface area contributed by atoms with Crippen LogP contribution in [0.3, 0.4) is 0 Å². The second kappa shape index (κ2) is 5.95. The molecule has 8 heavy (non-hydrogen) atoms. The SMILES string of the molecule is C=CC/N=C\C=C/N. The molecule has 0 radical (unpaired) electrons. The first-order chi connectivity index (χ1) is 3.91. The van der Waals surface area contributed by atoms with Crippen LogP contribution < -0.4 is 5.73 Å². The second-order valence-electron chi connectivity index (χ2n) is 1.19. The summed E-state index contributed by atoms with van der Waals surface area (Å²) in [4.78, 5) is 3.87. The van der Waals surface area contributed by atoms with Crippen LogP contribution in [0.2, 0.25) is 0 Å². The Morgan fingerprint density at radius 2 is 2.38 bits per heavy atom. The van der Waals surface area contributed by atoms with Crippen LogP contribution in [0.5, 0.6) is 0 Å². The first kappa shape index (κ1) is 6.95. The first-order valence-electron chi connectivity index (χ1n) is 2.39. The van der Waals surface area contributed by atoms with Crippen molar-refractivity contribution in [3.8, 4) is 0 Å². The summed E-state index contributed by atoms with van der Waals surface area (Å²) in [6.07, 6.45) is 6.47. The van der Waals surface area contributed by atoms with Crippen LogP contribution in [-0.4, -0.2) is 12.8 Å². The zero-order valence-electron chi connectivity index (χ0n) is 4.75. The standard InChI is InChI=1S/C6H10N2/c1-2-5-8-6-3-4-7/h2-4,6H,1,5,7H2/b4-3-,8-6-. The van der Waals surface area contributed by atoms with Crippen molar-refractivity contribution < 1.29 is 0 Å². The smallest absolute Gasteiger partial charge is 0.0567 e. The number of allylic oxidation sites excluding steroid dienone is 1. The molecular weight excluding hydrogens is 100 g/mol. The Kier molecular flexibility index (Phi) is 5.17. The van der Waals surface area contributed by atoms with Crippen molar-refractivity contribution in [2.45, 2.75) is 0 Å². The van der Waals surface area contributed by atoms with Crippen molar-refractivity contribution >= 4 is 6.21 Å². The lowest BCUT2D eigenvalue weighted by Crippen LogP contribution is -1.77. The van der Waals surface area contributed by atoms with E-state index in [1.54, 1.807) is 18.4 Å². The number of rotatable bonds is 3. The number of hydrogen-bond donors (Lipinski definition) is 1. The molecule has 0 rings (SSSR count). The van der Waals surface area contributed by atoms with Crippen LogP contribution in [0, 0.1) is 0 Å². The molecule has 0 aromatic carbocycles. The molecule has 0 spiro atoms. The molecule has 0 atom stereocenters. The minimum atomic E-state index is 0.657. The molecule has 0 saturated carbocycles. The maximum Gasteiger partial charge on any atom is 0.0567 e. The van der Waals surface area contributed by atoms with E-state index in [1.807, 2.05) is 0 Å². The van der Waals surface area contributed by atoms with Gasteiger partial charge in [0.2, 0.25) is 0 Å². The van der Waals surface area contributed by atoms with Crippen LogP contribution in [0.25, 0.3) is 0 Å². The first-order valence-corrected chi connectivity index (χ1v) is 2.39. The Labute approximate surface area is 49.4 Å². The Balaban J connectivity index is 3.19. The molecule has 0 amide bonds. The van der Waals surface area contributed by atoms with Gasteiger partial charge in [-0.3, -0.25) is 4.99 Å². The van der Waals surface area contributed by atoms with E-state index in [-0.39, 0.29) is 0 Å². The topological polar surface area (TPSA) is 38.4 Å². The minimum Gasteiger partial charge on any atom is -0.405 e. The summed E-state index contributed by atoms with van der Waals surface area (Å²) < 4.78 is 0. The maximum atomic E-state index is 5.01. The third-order valence-electron chi connectivity index (χ3n) is 0.537. The maximum absolute atomic E-state index is 5.01. The van der Waals surface area contributed by atoms with E-state index < -0.39 is 0 Å². The highest BCUT2D eigenvalue weighted by molar-refractivity contribution is 5.70. The van der Waals surface area contributed by atoms with Gasteiger partial charge >= 0.3 is 0 Å². The van der Waals surface area contributed by atoms with E-state index in [0.29, 0.717) is 6.54 Å². The Morgan fingerprint density at radius 3 is 2.88 bits per heavy atom. The summed E-state index contributed by atoms with van der Waals surface area (Å²) in [7, 11) is 0. The van der Waals surface area contributed by atoms with Crippen molar-refractivity contribution in [2.24, 2.45) is 10.7 Å². The molecular formula is C6H10N2. The van der Waals surface area contributed by atoms with Gasteiger partial charge in [0.15, 0.2) is 0 Å². The number of aliphatic imine (C=N–C) groups is 1. The molecule has 2 heteroatoms. The third kappa shape index (κ3) is 4.95. The van der Waals surface area contributed by atoms with Gasteiger partial charge in [-0.2, -0.15) is 0 Å². The Bertz CT molecular complexity index is 103. The van der Waals surface area contributed by atoms with E-state index >= 15 is 0 Å². The van der Waals surface area contributed by atoms with Crippen molar-refractivity contribution in [3.63, 3.8) is 0 Å². The molecule has 0 aliphatic carbocycles. The Hall–Kier alpha value is -1.05. The molecule has 44 valence electrons. The van der Waals surface area contributed by atoms with Crippen molar-refractivity contribution in [3.05, 3.63) is 24.9 Å². The summed E-state index contributed by atoms with van der Waals surface area (Å²) in [5.41, 5.74) is 5.01. The molecule has 2 N–H and O–H groups in total. The van der Waals surface area contributed by atoms with Crippen LogP contribution >= 0.6 is 0 Å². The van der Waals surface area contributed by atoms with Crippen LogP contribution in [0.15, 0.2) is 29.9 Å². The van der Waals surface area contributed by atoms with Crippen LogP contribution in [0.1, 0.15) is 0 Å². The number of nitrogens with two attached hydrogens (primary N) is 1. The normalized spacial score (nSPS) is 11.0. The highest BCUT2D eigenvalue weighted by Crippen LogP contribution is 1.67. The van der Waals surface area contributed by atoms with Gasteiger partial charge in [0.05, 0.1) is 6.54 Å². The zero-order chi connectivity index (χ0) is 6.24.